The summed E-state index contributed by atoms with van der Waals surface area (Å²) in [4.78, 5) is 40.6. The highest BCUT2D eigenvalue weighted by atomic mass is 19.1. The fraction of sp³-hybridized carbons (Fsp3) is 0.423. The second-order valence-corrected chi connectivity index (χ2v) is 9.41. The van der Waals surface area contributed by atoms with Crippen molar-refractivity contribution in [2.45, 2.75) is 38.1 Å². The van der Waals surface area contributed by atoms with E-state index in [1.807, 2.05) is 12.1 Å². The smallest absolute Gasteiger partial charge is 0.238 e. The van der Waals surface area contributed by atoms with E-state index in [0.29, 0.717) is 30.9 Å². The lowest BCUT2D eigenvalue weighted by Crippen LogP contribution is -2.89. The topological polar surface area (TPSA) is 88.2 Å². The lowest BCUT2D eigenvalue weighted by Gasteiger charge is -2.65. The number of rotatable bonds is 10. The van der Waals surface area contributed by atoms with Crippen molar-refractivity contribution in [2.75, 3.05) is 33.3 Å². The summed E-state index contributed by atoms with van der Waals surface area (Å²) in [5.74, 6) is 0.149. The van der Waals surface area contributed by atoms with E-state index >= 15 is 0 Å². The van der Waals surface area contributed by atoms with Crippen LogP contribution in [-0.4, -0.2) is 72.1 Å². The van der Waals surface area contributed by atoms with Crippen molar-refractivity contribution in [3.05, 3.63) is 59.4 Å². The third-order valence-electron chi connectivity index (χ3n) is 6.82. The van der Waals surface area contributed by atoms with Crippen LogP contribution in [0.5, 0.6) is 11.5 Å². The van der Waals surface area contributed by atoms with E-state index in [0.717, 1.165) is 11.8 Å². The number of Topliss-reactive ketones (excluding diaryl/α,β-unsaturated/α-hetero) is 1. The lowest BCUT2D eigenvalue weighted by atomic mass is 9.66. The van der Waals surface area contributed by atoms with Crippen LogP contribution >= 0.6 is 0 Å². The maximum atomic E-state index is 13.9. The minimum Gasteiger partial charge on any atom is -0.496 e. The number of carbonyl (C=O) groups excluding carboxylic acids is 3. The first-order valence-corrected chi connectivity index (χ1v) is 11.5. The predicted molar refractivity (Wildman–Crippen MR) is 127 cm³/mol. The number of para-hydroxylation sites is 1. The van der Waals surface area contributed by atoms with E-state index in [1.165, 1.54) is 6.07 Å². The van der Waals surface area contributed by atoms with Crippen molar-refractivity contribution >= 4 is 18.0 Å². The number of ketones is 1. The Morgan fingerprint density at radius 1 is 1.17 bits per heavy atom. The zero-order chi connectivity index (χ0) is 25.2. The van der Waals surface area contributed by atoms with Gasteiger partial charge in [0.15, 0.2) is 17.3 Å². The summed E-state index contributed by atoms with van der Waals surface area (Å²) in [6, 6.07) is 11.6. The van der Waals surface area contributed by atoms with Gasteiger partial charge in [-0.3, -0.25) is 14.5 Å². The van der Waals surface area contributed by atoms with Crippen molar-refractivity contribution in [1.82, 2.24) is 15.1 Å². The van der Waals surface area contributed by atoms with Crippen LogP contribution in [0.15, 0.2) is 42.5 Å². The van der Waals surface area contributed by atoms with Gasteiger partial charge in [-0.2, -0.15) is 0 Å². The van der Waals surface area contributed by atoms with Crippen molar-refractivity contribution in [3.63, 3.8) is 0 Å². The van der Waals surface area contributed by atoms with Gasteiger partial charge in [-0.25, -0.2) is 4.39 Å². The predicted octanol–water partition coefficient (Wildman–Crippen LogP) is 1.95. The maximum Gasteiger partial charge on any atom is 0.238 e. The van der Waals surface area contributed by atoms with E-state index < -0.39 is 16.9 Å². The van der Waals surface area contributed by atoms with Crippen molar-refractivity contribution in [3.8, 4) is 11.5 Å². The summed E-state index contributed by atoms with van der Waals surface area (Å²) in [5, 5.41) is 3.21. The molecule has 2 heterocycles. The summed E-state index contributed by atoms with van der Waals surface area (Å²) in [6.45, 7) is 4.87. The first-order valence-electron chi connectivity index (χ1n) is 11.5. The molecule has 2 bridgehead atoms. The van der Waals surface area contributed by atoms with Gasteiger partial charge in [0.2, 0.25) is 5.91 Å². The highest BCUT2D eigenvalue weighted by Gasteiger charge is 2.68. The summed E-state index contributed by atoms with van der Waals surface area (Å²) < 4.78 is 25.0. The Bertz CT molecular complexity index is 1120. The molecule has 0 aromatic heterocycles. The molecular weight excluding hydrogens is 453 g/mol. The van der Waals surface area contributed by atoms with Gasteiger partial charge in [0.05, 0.1) is 20.2 Å². The quantitative estimate of drug-likeness (QED) is 0.517. The molecule has 9 heteroatoms. The molecule has 1 amide bonds. The molecule has 0 saturated carbocycles. The zero-order valence-electron chi connectivity index (χ0n) is 20.2. The van der Waals surface area contributed by atoms with E-state index in [9.17, 15) is 18.8 Å². The van der Waals surface area contributed by atoms with Crippen LogP contribution in [0, 0.1) is 5.82 Å². The minimum atomic E-state index is -0.853. The van der Waals surface area contributed by atoms with E-state index in [1.54, 1.807) is 55.0 Å². The molecule has 0 aliphatic carbocycles. The summed E-state index contributed by atoms with van der Waals surface area (Å²) >= 11 is 0. The maximum absolute atomic E-state index is 13.9. The third-order valence-corrected chi connectivity index (χ3v) is 6.82. The van der Waals surface area contributed by atoms with Gasteiger partial charge in [-0.1, -0.05) is 18.2 Å². The van der Waals surface area contributed by atoms with Crippen molar-refractivity contribution in [2.24, 2.45) is 0 Å². The summed E-state index contributed by atoms with van der Waals surface area (Å²) in [6.07, 6.45) is 0.756. The van der Waals surface area contributed by atoms with Crippen LogP contribution in [0.2, 0.25) is 0 Å². The molecule has 35 heavy (non-hydrogen) atoms. The second kappa shape index (κ2) is 9.75. The molecule has 2 aliphatic rings. The highest BCUT2D eigenvalue weighted by Crippen LogP contribution is 2.43. The Hall–Kier alpha value is -3.30. The molecule has 2 aromatic rings. The fourth-order valence-electron chi connectivity index (χ4n) is 5.26. The number of amides is 1. The molecule has 2 saturated heterocycles. The largest absolute Gasteiger partial charge is 0.496 e. The first kappa shape index (κ1) is 24.8. The minimum absolute atomic E-state index is 0.00426. The molecule has 1 N–H and O–H groups in total. The molecule has 2 fully saturated rings. The summed E-state index contributed by atoms with van der Waals surface area (Å²) in [7, 11) is 1.54. The monoisotopic (exact) mass is 483 g/mol. The average Bonchev–Trinajstić information content (AvgIpc) is 2.83. The van der Waals surface area contributed by atoms with E-state index in [4.69, 9.17) is 9.47 Å². The van der Waals surface area contributed by atoms with Gasteiger partial charge >= 0.3 is 0 Å². The molecule has 0 spiro atoms. The van der Waals surface area contributed by atoms with Gasteiger partial charge in [-0.15, -0.1) is 0 Å². The molecule has 2 unspecified atom stereocenters. The number of aldehydes is 1. The molecule has 4 rings (SSSR count). The number of methoxy groups -OCH3 is 1. The number of piperidine rings is 1. The molecule has 8 nitrogen and oxygen atoms in total. The first-order chi connectivity index (χ1) is 16.7. The third kappa shape index (κ3) is 4.53. The normalized spacial score (nSPS) is 23.1. The molecule has 2 atom stereocenters. The average molecular weight is 484 g/mol. The number of piperazine rings is 1. The second-order valence-electron chi connectivity index (χ2n) is 9.41. The Kier molecular flexibility index (Phi) is 6.91. The molecule has 2 aromatic carbocycles. The van der Waals surface area contributed by atoms with Crippen molar-refractivity contribution in [1.29, 1.82) is 0 Å². The number of ether oxygens (including phenoxy) is 2. The molecular formula is C26H30FN3O5. The van der Waals surface area contributed by atoms with Gasteiger partial charge in [0.25, 0.3) is 0 Å². The number of halogens is 1. The number of hydrogen-bond donors (Lipinski definition) is 1. The number of nitrogens with one attached hydrogen (secondary N) is 1. The van der Waals surface area contributed by atoms with Gasteiger partial charge in [-0.05, 0) is 43.7 Å². The standard InChI is InChI=1S/C26H30FN3O5/c1-25-16-28-17-26(2,24(25)33)30(25)23(32)14-29(10-11-31)13-18-8-9-21(34-3)19(12-18)15-35-22-7-5-4-6-20(22)27/h4-9,11-12,28H,10,13-17H2,1-3H3. The number of hydrogen-bond acceptors (Lipinski definition) is 7. The molecule has 2 aliphatic heterocycles. The Morgan fingerprint density at radius 2 is 1.89 bits per heavy atom. The van der Waals surface area contributed by atoms with Crippen LogP contribution in [0.3, 0.4) is 0 Å². The Balaban J connectivity index is 1.47. The Labute approximate surface area is 204 Å². The van der Waals surface area contributed by atoms with Gasteiger partial charge in [0.1, 0.15) is 29.7 Å². The van der Waals surface area contributed by atoms with Crippen molar-refractivity contribution < 1.29 is 28.2 Å². The van der Waals surface area contributed by atoms with Gasteiger partial charge in [0, 0.05) is 25.2 Å². The van der Waals surface area contributed by atoms with Crippen LogP contribution in [0.1, 0.15) is 25.0 Å². The van der Waals surface area contributed by atoms with E-state index in [-0.39, 0.29) is 37.1 Å². The van der Waals surface area contributed by atoms with Crippen LogP contribution in [-0.2, 0) is 27.5 Å². The lowest BCUT2D eigenvalue weighted by molar-refractivity contribution is -0.189. The fourth-order valence-corrected chi connectivity index (χ4v) is 5.26. The molecule has 0 radical (unpaired) electrons. The van der Waals surface area contributed by atoms with E-state index in [2.05, 4.69) is 5.32 Å². The van der Waals surface area contributed by atoms with Gasteiger partial charge < -0.3 is 24.5 Å². The number of benzene rings is 2. The van der Waals surface area contributed by atoms with Crippen LogP contribution in [0.25, 0.3) is 0 Å². The highest BCUT2D eigenvalue weighted by molar-refractivity contribution is 6.09. The Morgan fingerprint density at radius 3 is 2.54 bits per heavy atom. The molecule has 186 valence electrons. The van der Waals surface area contributed by atoms with Crippen LogP contribution in [0.4, 0.5) is 4.39 Å². The number of nitrogens with zero attached hydrogens (tertiary/aromatic N) is 2. The number of fused-ring (bicyclic) bond motifs is 2. The summed E-state index contributed by atoms with van der Waals surface area (Å²) in [5.41, 5.74) is -0.158. The zero-order valence-corrected chi connectivity index (χ0v) is 20.2. The van der Waals surface area contributed by atoms with Crippen LogP contribution < -0.4 is 14.8 Å². The SMILES string of the molecule is COc1ccc(CN(CC=O)CC(=O)N2C3(C)CNCC2(C)C3=O)cc1COc1ccccc1F. The number of carbonyl (C=O) groups is 3.